The molecular formula is C28H57NO12. The summed E-state index contributed by atoms with van der Waals surface area (Å²) >= 11 is 0. The number of aliphatic hydroxyl groups is 8. The van der Waals surface area contributed by atoms with Gasteiger partial charge >= 0.3 is 5.97 Å². The molecule has 13 nitrogen and oxygen atoms in total. The molecule has 9 atom stereocenters. The van der Waals surface area contributed by atoms with E-state index in [1.54, 1.807) is 0 Å². The quantitative estimate of drug-likeness (QED) is 0.0717. The largest absolute Gasteiger partial charge is 0.481 e. The number of carbonyl (C=O) groups is 1. The number of ether oxygens (including phenoxy) is 2. The van der Waals surface area contributed by atoms with Crippen LogP contribution >= 0.6 is 0 Å². The van der Waals surface area contributed by atoms with Crippen molar-refractivity contribution in [1.82, 2.24) is 5.32 Å². The molecule has 10 N–H and O–H groups in total. The molecular weight excluding hydrogens is 542 g/mol. The number of aliphatic hydroxyl groups excluding tert-OH is 8. The molecule has 1 fully saturated rings. The van der Waals surface area contributed by atoms with Crippen LogP contribution in [0.1, 0.15) is 90.9 Å². The van der Waals surface area contributed by atoms with E-state index in [-0.39, 0.29) is 6.54 Å². The lowest BCUT2D eigenvalue weighted by atomic mass is 9.98. The van der Waals surface area contributed by atoms with Crippen LogP contribution in [0.15, 0.2) is 0 Å². The van der Waals surface area contributed by atoms with E-state index in [9.17, 15) is 45.6 Å². The molecule has 0 aromatic rings. The summed E-state index contributed by atoms with van der Waals surface area (Å²) in [5, 5.41) is 90.4. The number of carboxylic acid groups (broad SMARTS) is 1. The average molecular weight is 600 g/mol. The molecule has 13 heteroatoms. The zero-order valence-electron chi connectivity index (χ0n) is 24.8. The fourth-order valence-corrected chi connectivity index (χ4v) is 4.34. The Morgan fingerprint density at radius 1 is 0.805 bits per heavy atom. The minimum Gasteiger partial charge on any atom is -0.481 e. The van der Waals surface area contributed by atoms with Crippen LogP contribution in [0.2, 0.25) is 0 Å². The number of unbranched alkanes of at least 4 members (excludes halogenated alkanes) is 9. The molecule has 9 unspecified atom stereocenters. The lowest BCUT2D eigenvalue weighted by Crippen LogP contribution is -2.61. The molecule has 0 radical (unpaired) electrons. The molecule has 0 saturated carbocycles. The van der Waals surface area contributed by atoms with Gasteiger partial charge in [0.05, 0.1) is 19.3 Å². The Balaban J connectivity index is 0.00000136. The molecule has 246 valence electrons. The maximum Gasteiger partial charge on any atom is 0.303 e. The van der Waals surface area contributed by atoms with Crippen LogP contribution in [0.3, 0.4) is 0 Å². The predicted molar refractivity (Wildman–Crippen MR) is 151 cm³/mol. The van der Waals surface area contributed by atoms with Crippen molar-refractivity contribution in [1.29, 1.82) is 0 Å². The maximum atomic E-state index is 10.5. The summed E-state index contributed by atoms with van der Waals surface area (Å²) in [5.41, 5.74) is 0. The van der Waals surface area contributed by atoms with Gasteiger partial charge in [0.25, 0.3) is 0 Å². The fraction of sp³-hybridized carbons (Fsp3) is 0.964. The minimum absolute atomic E-state index is 0.00279. The molecule has 0 spiro atoms. The molecule has 0 aromatic heterocycles. The van der Waals surface area contributed by atoms with Gasteiger partial charge in [0.1, 0.15) is 42.7 Å². The van der Waals surface area contributed by atoms with E-state index in [2.05, 4.69) is 19.2 Å². The number of hydrogen-bond donors (Lipinski definition) is 10. The highest BCUT2D eigenvalue weighted by atomic mass is 16.7. The third kappa shape index (κ3) is 17.0. The van der Waals surface area contributed by atoms with Gasteiger partial charge in [0.15, 0.2) is 6.29 Å². The Kier molecular flexibility index (Phi) is 23.9. The third-order valence-electron chi connectivity index (χ3n) is 6.99. The van der Waals surface area contributed by atoms with Crippen LogP contribution in [-0.2, 0) is 14.3 Å². The number of hydrogen-bond acceptors (Lipinski definition) is 12. The van der Waals surface area contributed by atoms with Crippen LogP contribution in [0.4, 0.5) is 0 Å². The maximum absolute atomic E-state index is 10.5. The highest BCUT2D eigenvalue weighted by Gasteiger charge is 2.46. The Morgan fingerprint density at radius 2 is 1.37 bits per heavy atom. The van der Waals surface area contributed by atoms with Gasteiger partial charge in [0, 0.05) is 13.0 Å². The van der Waals surface area contributed by atoms with Crippen molar-refractivity contribution in [2.75, 3.05) is 26.3 Å². The van der Waals surface area contributed by atoms with Crippen LogP contribution in [0, 0.1) is 0 Å². The summed E-state index contributed by atoms with van der Waals surface area (Å²) in [4.78, 5) is 10.0. The zero-order chi connectivity index (χ0) is 31.2. The number of aliphatic carboxylic acids is 1. The second kappa shape index (κ2) is 24.5. The molecule has 1 rings (SSSR count). The first-order chi connectivity index (χ1) is 19.5. The van der Waals surface area contributed by atoms with E-state index in [0.29, 0.717) is 13.0 Å². The fourth-order valence-electron chi connectivity index (χ4n) is 4.34. The monoisotopic (exact) mass is 599 g/mol. The second-order valence-electron chi connectivity index (χ2n) is 10.6. The molecule has 1 aliphatic rings. The summed E-state index contributed by atoms with van der Waals surface area (Å²) in [6, 6.07) is 0. The molecule has 1 heterocycles. The highest BCUT2D eigenvalue weighted by Crippen LogP contribution is 2.25. The van der Waals surface area contributed by atoms with Crippen molar-refractivity contribution in [3.05, 3.63) is 0 Å². The smallest absolute Gasteiger partial charge is 0.303 e. The zero-order valence-corrected chi connectivity index (χ0v) is 24.8. The van der Waals surface area contributed by atoms with Gasteiger partial charge in [-0.25, -0.2) is 0 Å². The van der Waals surface area contributed by atoms with Gasteiger partial charge in [-0.3, -0.25) is 4.79 Å². The van der Waals surface area contributed by atoms with Crippen molar-refractivity contribution in [3.8, 4) is 0 Å². The van der Waals surface area contributed by atoms with E-state index < -0.39 is 74.3 Å². The first-order valence-corrected chi connectivity index (χ1v) is 15.1. The van der Waals surface area contributed by atoms with E-state index in [0.717, 1.165) is 32.1 Å². The first kappa shape index (κ1) is 40.0. The predicted octanol–water partition coefficient (Wildman–Crippen LogP) is -0.372. The van der Waals surface area contributed by atoms with Crippen LogP contribution < -0.4 is 5.32 Å². The van der Waals surface area contributed by atoms with E-state index in [1.807, 2.05) is 0 Å². The van der Waals surface area contributed by atoms with Gasteiger partial charge in [-0.1, -0.05) is 71.6 Å². The van der Waals surface area contributed by atoms with Gasteiger partial charge in [-0.05, 0) is 19.4 Å². The summed E-state index contributed by atoms with van der Waals surface area (Å²) in [7, 11) is 0. The summed E-state index contributed by atoms with van der Waals surface area (Å²) in [6.07, 6.45) is -1.58. The van der Waals surface area contributed by atoms with E-state index in [4.69, 9.17) is 14.6 Å². The van der Waals surface area contributed by atoms with E-state index in [1.165, 1.54) is 38.5 Å². The van der Waals surface area contributed by atoms with Crippen LogP contribution in [0.5, 0.6) is 0 Å². The molecule has 0 aliphatic carbocycles. The summed E-state index contributed by atoms with van der Waals surface area (Å²) < 4.78 is 10.6. The molecule has 0 aromatic carbocycles. The summed E-state index contributed by atoms with van der Waals surface area (Å²) in [5.74, 6) is -0.670. The van der Waals surface area contributed by atoms with Crippen molar-refractivity contribution >= 4 is 5.97 Å². The minimum atomic E-state index is -1.75. The Hall–Kier alpha value is -0.970. The molecule has 1 aliphatic heterocycles. The molecule has 1 saturated heterocycles. The Morgan fingerprint density at radius 3 is 1.90 bits per heavy atom. The Labute approximate surface area is 244 Å². The van der Waals surface area contributed by atoms with Crippen LogP contribution in [-0.4, -0.2) is 133 Å². The van der Waals surface area contributed by atoms with Crippen molar-refractivity contribution in [2.24, 2.45) is 0 Å². The van der Waals surface area contributed by atoms with Gasteiger partial charge < -0.3 is 60.7 Å². The standard InChI is InChI=1S/C20H41NO10.C8H16O2/c1-2-3-4-5-6-7-8-21-9-12(24)15(26)19(13(25)10-22)31-20-18(29)17(28)16(27)14(11-23)30-20;1-2-3-4-5-6-7-8(9)10/h12-29H,2-11H2,1H3;2-7H2,1H3,(H,9,10). The number of nitrogens with one attached hydrogen (secondary N) is 1. The van der Waals surface area contributed by atoms with Crippen molar-refractivity contribution in [3.63, 3.8) is 0 Å². The average Bonchev–Trinajstić information content (AvgIpc) is 2.96. The lowest BCUT2D eigenvalue weighted by Gasteiger charge is -2.42. The SMILES string of the molecule is CCCCCCCC(=O)O.CCCCCCCCNCC(O)C(O)C(OC1OC(CO)C(O)C(O)C1O)C(O)CO. The molecule has 41 heavy (non-hydrogen) atoms. The highest BCUT2D eigenvalue weighted by molar-refractivity contribution is 5.66. The molecule has 0 amide bonds. The Bertz CT molecular complexity index is 629. The second-order valence-corrected chi connectivity index (χ2v) is 10.6. The first-order valence-electron chi connectivity index (χ1n) is 15.1. The van der Waals surface area contributed by atoms with Gasteiger partial charge in [-0.2, -0.15) is 0 Å². The normalized spacial score (nSPS) is 25.6. The summed E-state index contributed by atoms with van der Waals surface area (Å²) in [6.45, 7) is 3.45. The number of rotatable bonds is 22. The van der Waals surface area contributed by atoms with Crippen molar-refractivity contribution in [2.45, 2.75) is 146 Å². The van der Waals surface area contributed by atoms with E-state index >= 15 is 0 Å². The topological polar surface area (TPSA) is 230 Å². The van der Waals surface area contributed by atoms with Gasteiger partial charge in [-0.15, -0.1) is 0 Å². The van der Waals surface area contributed by atoms with Crippen molar-refractivity contribution < 1.29 is 60.2 Å². The molecule has 0 bridgehead atoms. The third-order valence-corrected chi connectivity index (χ3v) is 6.99. The van der Waals surface area contributed by atoms with Gasteiger partial charge in [0.2, 0.25) is 0 Å². The van der Waals surface area contributed by atoms with Crippen LogP contribution in [0.25, 0.3) is 0 Å². The number of carboxylic acids is 1. The lowest BCUT2D eigenvalue weighted by molar-refractivity contribution is -0.327.